The van der Waals surface area contributed by atoms with E-state index in [2.05, 4.69) is 10.3 Å². The Morgan fingerprint density at radius 2 is 2.03 bits per heavy atom. The number of rotatable bonds is 8. The molecule has 0 radical (unpaired) electrons. The molecule has 198 valence electrons. The number of sulfonamides is 1. The Balaban J connectivity index is 1.35. The van der Waals surface area contributed by atoms with Crippen LogP contribution in [-0.4, -0.2) is 59.4 Å². The quantitative estimate of drug-likeness (QED) is 0.457. The molecular formula is C26H27N5O6S. The Labute approximate surface area is 219 Å². The van der Waals surface area contributed by atoms with Gasteiger partial charge in [-0.25, -0.2) is 13.4 Å². The van der Waals surface area contributed by atoms with Crippen molar-refractivity contribution in [1.82, 2.24) is 19.2 Å². The molecule has 12 heteroatoms. The number of benzene rings is 1. The summed E-state index contributed by atoms with van der Waals surface area (Å²) in [6, 6.07) is 12.0. The first-order chi connectivity index (χ1) is 18.3. The normalized spacial score (nSPS) is 17.1. The standard InChI is InChI=1S/C26H27N5O6S/c1-30-22-20(13-21(25(30)33)23(32)29-15-19-5-3-18(14-27)4-6-19)7-10-28-24(22)37-16-26(8-9-26)38(34,35)31-11-2-12-36-17-31/h3-7,10,13H,2,8-9,11-12,15-17H2,1H3,(H,29,32). The van der Waals surface area contributed by atoms with E-state index >= 15 is 0 Å². The molecule has 0 unspecified atom stereocenters. The lowest BCUT2D eigenvalue weighted by Crippen LogP contribution is -2.46. The van der Waals surface area contributed by atoms with Crippen LogP contribution in [0.2, 0.25) is 0 Å². The summed E-state index contributed by atoms with van der Waals surface area (Å²) in [4.78, 5) is 30.2. The molecule has 2 aliphatic rings. The molecule has 0 atom stereocenters. The van der Waals surface area contributed by atoms with E-state index in [-0.39, 0.29) is 31.3 Å². The number of pyridine rings is 2. The van der Waals surface area contributed by atoms with E-state index in [1.807, 2.05) is 6.07 Å². The molecule has 1 aliphatic heterocycles. The van der Waals surface area contributed by atoms with Gasteiger partial charge in [-0.1, -0.05) is 12.1 Å². The van der Waals surface area contributed by atoms with Gasteiger partial charge in [0.1, 0.15) is 29.2 Å². The maximum atomic E-state index is 13.2. The molecule has 2 aromatic heterocycles. The average Bonchev–Trinajstić information content (AvgIpc) is 3.75. The highest BCUT2D eigenvalue weighted by molar-refractivity contribution is 7.90. The number of carbonyl (C=O) groups is 1. The van der Waals surface area contributed by atoms with E-state index < -0.39 is 26.2 Å². The van der Waals surface area contributed by atoms with E-state index in [1.54, 1.807) is 30.3 Å². The number of hydrogen-bond donors (Lipinski definition) is 1. The topological polar surface area (TPSA) is 144 Å². The van der Waals surface area contributed by atoms with Gasteiger partial charge in [0.05, 0.1) is 11.6 Å². The van der Waals surface area contributed by atoms with Gasteiger partial charge in [-0.05, 0) is 49.1 Å². The summed E-state index contributed by atoms with van der Waals surface area (Å²) in [5.74, 6) is -0.411. The van der Waals surface area contributed by atoms with Crippen molar-refractivity contribution in [2.75, 3.05) is 26.5 Å². The maximum absolute atomic E-state index is 13.2. The smallest absolute Gasteiger partial charge is 0.263 e. The van der Waals surface area contributed by atoms with Gasteiger partial charge in [0.15, 0.2) is 0 Å². The van der Waals surface area contributed by atoms with Crippen LogP contribution in [-0.2, 0) is 28.4 Å². The van der Waals surface area contributed by atoms with Crippen LogP contribution in [0.3, 0.4) is 0 Å². The Hall–Kier alpha value is -3.79. The minimum Gasteiger partial charge on any atom is -0.474 e. The van der Waals surface area contributed by atoms with Crippen molar-refractivity contribution in [3.63, 3.8) is 0 Å². The summed E-state index contributed by atoms with van der Waals surface area (Å²) in [6.07, 6.45) is 3.08. The second-order valence-corrected chi connectivity index (χ2v) is 11.8. The van der Waals surface area contributed by atoms with Crippen molar-refractivity contribution in [2.45, 2.75) is 30.6 Å². The van der Waals surface area contributed by atoms with Crippen LogP contribution >= 0.6 is 0 Å². The van der Waals surface area contributed by atoms with Gasteiger partial charge in [-0.3, -0.25) is 9.59 Å². The van der Waals surface area contributed by atoms with Crippen molar-refractivity contribution in [3.05, 3.63) is 69.6 Å². The zero-order valence-corrected chi connectivity index (χ0v) is 21.7. The molecule has 1 amide bonds. The molecule has 3 aromatic rings. The van der Waals surface area contributed by atoms with Crippen LogP contribution in [0.4, 0.5) is 0 Å². The van der Waals surface area contributed by atoms with E-state index in [1.165, 1.54) is 28.2 Å². The number of ether oxygens (including phenoxy) is 2. The predicted octanol–water partition coefficient (Wildman–Crippen LogP) is 1.66. The molecule has 1 aromatic carbocycles. The number of aryl methyl sites for hydroxylation is 1. The second-order valence-electron chi connectivity index (χ2n) is 9.51. The van der Waals surface area contributed by atoms with Crippen LogP contribution in [0, 0.1) is 11.3 Å². The fourth-order valence-corrected chi connectivity index (χ4v) is 6.45. The molecule has 3 heterocycles. The molecule has 1 N–H and O–H groups in total. The van der Waals surface area contributed by atoms with E-state index in [4.69, 9.17) is 14.7 Å². The SMILES string of the molecule is Cn1c(=O)c(C(=O)NCc2ccc(C#N)cc2)cc2ccnc(OCC3(S(=O)(=O)N4CCCOC4)CC3)c21. The fraction of sp³-hybridized carbons (Fsp3) is 0.385. The molecule has 38 heavy (non-hydrogen) atoms. The zero-order valence-electron chi connectivity index (χ0n) is 20.8. The maximum Gasteiger partial charge on any atom is 0.263 e. The highest BCUT2D eigenvalue weighted by Crippen LogP contribution is 2.46. The van der Waals surface area contributed by atoms with Crippen molar-refractivity contribution in [1.29, 1.82) is 5.26 Å². The number of aromatic nitrogens is 2. The van der Waals surface area contributed by atoms with Crippen LogP contribution < -0.4 is 15.6 Å². The number of amides is 1. The molecule has 1 saturated carbocycles. The van der Waals surface area contributed by atoms with Gasteiger partial charge in [0, 0.05) is 38.3 Å². The third-order valence-electron chi connectivity index (χ3n) is 6.97. The summed E-state index contributed by atoms with van der Waals surface area (Å²) in [6.45, 7) is 1.09. The van der Waals surface area contributed by atoms with Crippen LogP contribution in [0.25, 0.3) is 10.9 Å². The first-order valence-corrected chi connectivity index (χ1v) is 13.7. The van der Waals surface area contributed by atoms with Gasteiger partial charge < -0.3 is 19.4 Å². The summed E-state index contributed by atoms with van der Waals surface area (Å²) >= 11 is 0. The third-order valence-corrected chi connectivity index (χ3v) is 9.56. The molecular weight excluding hydrogens is 510 g/mol. The number of hydrogen-bond acceptors (Lipinski definition) is 8. The summed E-state index contributed by atoms with van der Waals surface area (Å²) in [7, 11) is -2.11. The van der Waals surface area contributed by atoms with E-state index in [0.717, 1.165) is 5.56 Å². The van der Waals surface area contributed by atoms with Gasteiger partial charge in [-0.15, -0.1) is 0 Å². The van der Waals surface area contributed by atoms with Gasteiger partial charge in [-0.2, -0.15) is 9.57 Å². The lowest BCUT2D eigenvalue weighted by atomic mass is 10.1. The summed E-state index contributed by atoms with van der Waals surface area (Å²) in [5, 5.41) is 12.2. The fourth-order valence-electron chi connectivity index (χ4n) is 4.50. The van der Waals surface area contributed by atoms with Crippen molar-refractivity contribution < 1.29 is 22.7 Å². The Kier molecular flexibility index (Phi) is 6.92. The largest absolute Gasteiger partial charge is 0.474 e. The number of nitrogens with one attached hydrogen (secondary N) is 1. The monoisotopic (exact) mass is 537 g/mol. The first kappa shape index (κ1) is 25.8. The Morgan fingerprint density at radius 1 is 1.26 bits per heavy atom. The van der Waals surface area contributed by atoms with E-state index in [0.29, 0.717) is 48.9 Å². The molecule has 2 fully saturated rings. The van der Waals surface area contributed by atoms with Gasteiger partial charge in [0.25, 0.3) is 11.5 Å². The predicted molar refractivity (Wildman–Crippen MR) is 138 cm³/mol. The van der Waals surface area contributed by atoms with Crippen LogP contribution in [0.1, 0.15) is 40.7 Å². The Bertz CT molecular complexity index is 1580. The lowest BCUT2D eigenvalue weighted by Gasteiger charge is -2.30. The van der Waals surface area contributed by atoms with Crippen molar-refractivity contribution in [3.8, 4) is 11.9 Å². The molecule has 11 nitrogen and oxygen atoms in total. The van der Waals surface area contributed by atoms with Crippen molar-refractivity contribution >= 4 is 26.8 Å². The second kappa shape index (κ2) is 10.2. The molecule has 0 bridgehead atoms. The Morgan fingerprint density at radius 3 is 2.68 bits per heavy atom. The number of nitriles is 1. The number of fused-ring (bicyclic) bond motifs is 1. The molecule has 0 spiro atoms. The van der Waals surface area contributed by atoms with Gasteiger partial charge in [0.2, 0.25) is 15.9 Å². The third kappa shape index (κ3) is 4.76. The van der Waals surface area contributed by atoms with E-state index in [9.17, 15) is 18.0 Å². The molecule has 1 saturated heterocycles. The average molecular weight is 538 g/mol. The lowest BCUT2D eigenvalue weighted by molar-refractivity contribution is 0.0302. The number of nitrogens with zero attached hydrogens (tertiary/aromatic N) is 4. The first-order valence-electron chi connectivity index (χ1n) is 12.2. The molecule has 1 aliphatic carbocycles. The minimum absolute atomic E-state index is 0.0428. The zero-order chi connectivity index (χ0) is 26.9. The number of carbonyl (C=O) groups excluding carboxylic acids is 1. The van der Waals surface area contributed by atoms with Crippen LogP contribution in [0.15, 0.2) is 47.4 Å². The minimum atomic E-state index is -3.63. The summed E-state index contributed by atoms with van der Waals surface area (Å²) in [5.41, 5.74) is 1.09. The molecule has 5 rings (SSSR count). The highest BCUT2D eigenvalue weighted by Gasteiger charge is 2.58. The highest BCUT2D eigenvalue weighted by atomic mass is 32.2. The summed E-state index contributed by atoms with van der Waals surface area (Å²) < 4.78 is 39.3. The van der Waals surface area contributed by atoms with Crippen molar-refractivity contribution in [2.24, 2.45) is 7.05 Å². The van der Waals surface area contributed by atoms with Crippen LogP contribution in [0.5, 0.6) is 5.88 Å². The van der Waals surface area contributed by atoms with Gasteiger partial charge >= 0.3 is 0 Å².